The lowest BCUT2D eigenvalue weighted by molar-refractivity contribution is 0.0956. The van der Waals surface area contributed by atoms with E-state index >= 15 is 0 Å². The van der Waals surface area contributed by atoms with E-state index in [4.69, 9.17) is 14.2 Å². The molecular weight excluding hydrogens is 346 g/mol. The molecule has 1 heterocycles. The highest BCUT2D eigenvalue weighted by molar-refractivity contribution is 6.07. The molecule has 2 aromatic carbocycles. The molecule has 0 radical (unpaired) electrons. The Morgan fingerprint density at radius 3 is 2.37 bits per heavy atom. The number of carbonyl (C=O) groups excluding carboxylic acids is 1. The van der Waals surface area contributed by atoms with Gasteiger partial charge in [0.15, 0.2) is 11.5 Å². The van der Waals surface area contributed by atoms with E-state index in [-0.39, 0.29) is 5.91 Å². The van der Waals surface area contributed by atoms with Gasteiger partial charge in [0.1, 0.15) is 0 Å². The molecule has 0 fully saturated rings. The first-order valence-electron chi connectivity index (χ1n) is 8.26. The van der Waals surface area contributed by atoms with Crippen LogP contribution in [0.15, 0.2) is 47.7 Å². The molecule has 1 amide bonds. The van der Waals surface area contributed by atoms with Crippen molar-refractivity contribution in [2.75, 3.05) is 21.3 Å². The zero-order valence-electron chi connectivity index (χ0n) is 15.6. The van der Waals surface area contributed by atoms with Crippen molar-refractivity contribution in [3.05, 3.63) is 53.7 Å². The zero-order valence-corrected chi connectivity index (χ0v) is 15.6. The smallest absolute Gasteiger partial charge is 0.273 e. The van der Waals surface area contributed by atoms with E-state index in [0.29, 0.717) is 28.4 Å². The van der Waals surface area contributed by atoms with Gasteiger partial charge in [0, 0.05) is 29.7 Å². The average Bonchev–Trinajstić information content (AvgIpc) is 3.04. The maximum absolute atomic E-state index is 12.5. The van der Waals surface area contributed by atoms with Crippen LogP contribution < -0.4 is 19.6 Å². The molecule has 0 saturated heterocycles. The van der Waals surface area contributed by atoms with Crippen LogP contribution in [0, 0.1) is 0 Å². The second-order valence-electron chi connectivity index (χ2n) is 5.83. The predicted octanol–water partition coefficient (Wildman–Crippen LogP) is 2.97. The van der Waals surface area contributed by atoms with Crippen molar-refractivity contribution >= 4 is 23.0 Å². The summed E-state index contributed by atoms with van der Waals surface area (Å²) in [5.74, 6) is 1.24. The van der Waals surface area contributed by atoms with Crippen LogP contribution >= 0.6 is 0 Å². The van der Waals surface area contributed by atoms with Gasteiger partial charge in [-0.25, -0.2) is 5.43 Å². The maximum Gasteiger partial charge on any atom is 0.273 e. The largest absolute Gasteiger partial charge is 0.493 e. The highest BCUT2D eigenvalue weighted by atomic mass is 16.5. The van der Waals surface area contributed by atoms with Gasteiger partial charge in [0.05, 0.1) is 33.1 Å². The number of benzene rings is 2. The lowest BCUT2D eigenvalue weighted by Gasteiger charge is -2.12. The lowest BCUT2D eigenvalue weighted by Crippen LogP contribution is -2.17. The van der Waals surface area contributed by atoms with Gasteiger partial charge in [-0.3, -0.25) is 4.79 Å². The van der Waals surface area contributed by atoms with Gasteiger partial charge < -0.3 is 18.8 Å². The standard InChI is InChI=1S/C20H21N3O4/c1-23-12-15(14-7-5-6-8-16(14)23)20(24)22-21-11-13-9-17(25-2)19(27-4)18(10-13)26-3/h5-12H,1-4H3,(H,22,24). The van der Waals surface area contributed by atoms with Crippen molar-refractivity contribution in [3.63, 3.8) is 0 Å². The van der Waals surface area contributed by atoms with E-state index in [2.05, 4.69) is 10.5 Å². The number of methoxy groups -OCH3 is 3. The average molecular weight is 367 g/mol. The molecule has 0 aliphatic carbocycles. The lowest BCUT2D eigenvalue weighted by atomic mass is 10.2. The number of fused-ring (bicyclic) bond motifs is 1. The molecule has 140 valence electrons. The molecule has 1 N–H and O–H groups in total. The molecular formula is C20H21N3O4. The van der Waals surface area contributed by atoms with Crippen molar-refractivity contribution in [1.29, 1.82) is 0 Å². The minimum atomic E-state index is -0.282. The number of ether oxygens (including phenoxy) is 3. The van der Waals surface area contributed by atoms with Crippen LogP contribution in [0.5, 0.6) is 17.2 Å². The molecule has 0 spiro atoms. The molecule has 3 aromatic rings. The first kappa shape index (κ1) is 18.3. The fourth-order valence-corrected chi connectivity index (χ4v) is 2.92. The Morgan fingerprint density at radius 1 is 1.07 bits per heavy atom. The van der Waals surface area contributed by atoms with Gasteiger partial charge in [0.2, 0.25) is 5.75 Å². The first-order chi connectivity index (χ1) is 13.1. The minimum absolute atomic E-state index is 0.282. The number of carbonyl (C=O) groups is 1. The third kappa shape index (κ3) is 3.57. The van der Waals surface area contributed by atoms with Crippen molar-refractivity contribution < 1.29 is 19.0 Å². The zero-order chi connectivity index (χ0) is 19.4. The molecule has 0 bridgehead atoms. The summed E-state index contributed by atoms with van der Waals surface area (Å²) < 4.78 is 17.8. The number of hydrogen-bond acceptors (Lipinski definition) is 5. The number of rotatable bonds is 6. The van der Waals surface area contributed by atoms with Gasteiger partial charge in [-0.2, -0.15) is 5.10 Å². The van der Waals surface area contributed by atoms with Crippen LogP contribution in [0.2, 0.25) is 0 Å². The Morgan fingerprint density at radius 2 is 1.74 bits per heavy atom. The summed E-state index contributed by atoms with van der Waals surface area (Å²) >= 11 is 0. The summed E-state index contributed by atoms with van der Waals surface area (Å²) in [4.78, 5) is 12.5. The number of aryl methyl sites for hydroxylation is 1. The topological polar surface area (TPSA) is 74.1 Å². The fourth-order valence-electron chi connectivity index (χ4n) is 2.92. The highest BCUT2D eigenvalue weighted by Gasteiger charge is 2.14. The van der Waals surface area contributed by atoms with Gasteiger partial charge in [-0.1, -0.05) is 18.2 Å². The maximum atomic E-state index is 12.5. The molecule has 0 aliphatic rings. The third-order valence-electron chi connectivity index (χ3n) is 4.21. The van der Waals surface area contributed by atoms with E-state index in [1.807, 2.05) is 35.9 Å². The van der Waals surface area contributed by atoms with Crippen LogP contribution in [-0.4, -0.2) is 38.0 Å². The van der Waals surface area contributed by atoms with Crippen LogP contribution in [-0.2, 0) is 7.05 Å². The number of nitrogens with one attached hydrogen (secondary N) is 1. The molecule has 0 atom stereocenters. The van der Waals surface area contributed by atoms with Crippen molar-refractivity contribution in [2.24, 2.45) is 12.1 Å². The number of hydrazone groups is 1. The highest BCUT2D eigenvalue weighted by Crippen LogP contribution is 2.37. The minimum Gasteiger partial charge on any atom is -0.493 e. The van der Waals surface area contributed by atoms with E-state index < -0.39 is 0 Å². The quantitative estimate of drug-likeness (QED) is 0.537. The van der Waals surface area contributed by atoms with Crippen LogP contribution in [0.1, 0.15) is 15.9 Å². The molecule has 3 rings (SSSR count). The summed E-state index contributed by atoms with van der Waals surface area (Å²) in [6, 6.07) is 11.2. The van der Waals surface area contributed by atoms with E-state index in [1.54, 1.807) is 39.7 Å². The Labute approximate surface area is 157 Å². The monoisotopic (exact) mass is 367 g/mol. The summed E-state index contributed by atoms with van der Waals surface area (Å²) in [6.45, 7) is 0. The van der Waals surface area contributed by atoms with Crippen molar-refractivity contribution in [2.45, 2.75) is 0 Å². The van der Waals surface area contributed by atoms with Gasteiger partial charge in [0.25, 0.3) is 5.91 Å². The van der Waals surface area contributed by atoms with Gasteiger partial charge in [-0.05, 0) is 18.2 Å². The van der Waals surface area contributed by atoms with Crippen molar-refractivity contribution in [3.8, 4) is 17.2 Å². The predicted molar refractivity (Wildman–Crippen MR) is 104 cm³/mol. The molecule has 7 nitrogen and oxygen atoms in total. The SMILES string of the molecule is COc1cc(C=NNC(=O)c2cn(C)c3ccccc23)cc(OC)c1OC. The molecule has 0 saturated carbocycles. The normalized spacial score (nSPS) is 11.0. The van der Waals surface area contributed by atoms with E-state index in [1.165, 1.54) is 6.21 Å². The number of nitrogens with zero attached hydrogens (tertiary/aromatic N) is 2. The number of aromatic nitrogens is 1. The van der Waals surface area contributed by atoms with Crippen molar-refractivity contribution in [1.82, 2.24) is 9.99 Å². The van der Waals surface area contributed by atoms with Crippen LogP contribution in [0.4, 0.5) is 0 Å². The number of amides is 1. The Bertz CT molecular complexity index is 983. The summed E-state index contributed by atoms with van der Waals surface area (Å²) in [5, 5.41) is 4.93. The fraction of sp³-hybridized carbons (Fsp3) is 0.200. The second kappa shape index (κ2) is 7.82. The Hall–Kier alpha value is -3.48. The summed E-state index contributed by atoms with van der Waals surface area (Å²) in [6.07, 6.45) is 3.31. The first-order valence-corrected chi connectivity index (χ1v) is 8.26. The molecule has 1 aromatic heterocycles. The summed E-state index contributed by atoms with van der Waals surface area (Å²) in [7, 11) is 6.53. The van der Waals surface area contributed by atoms with Crippen LogP contribution in [0.3, 0.4) is 0 Å². The molecule has 0 aliphatic heterocycles. The second-order valence-corrected chi connectivity index (χ2v) is 5.83. The van der Waals surface area contributed by atoms with E-state index in [0.717, 1.165) is 10.9 Å². The molecule has 0 unspecified atom stereocenters. The third-order valence-corrected chi connectivity index (χ3v) is 4.21. The van der Waals surface area contributed by atoms with Gasteiger partial charge in [-0.15, -0.1) is 0 Å². The summed E-state index contributed by atoms with van der Waals surface area (Å²) in [5.41, 5.74) is 4.81. The van der Waals surface area contributed by atoms with Crippen LogP contribution in [0.25, 0.3) is 10.9 Å². The Balaban J connectivity index is 1.82. The molecule has 27 heavy (non-hydrogen) atoms. The number of hydrogen-bond donors (Lipinski definition) is 1. The number of para-hydroxylation sites is 1. The Kier molecular flexibility index (Phi) is 5.30. The van der Waals surface area contributed by atoms with E-state index in [9.17, 15) is 4.79 Å². The molecule has 7 heteroatoms. The van der Waals surface area contributed by atoms with Gasteiger partial charge >= 0.3 is 0 Å².